The van der Waals surface area contributed by atoms with E-state index < -0.39 is 5.91 Å². The van der Waals surface area contributed by atoms with Gasteiger partial charge in [-0.1, -0.05) is 46.3 Å². The lowest BCUT2D eigenvalue weighted by molar-refractivity contribution is -0.136. The van der Waals surface area contributed by atoms with Gasteiger partial charge in [0.2, 0.25) is 5.91 Å². The van der Waals surface area contributed by atoms with Gasteiger partial charge in [-0.25, -0.2) is 5.43 Å². The molecule has 0 aliphatic carbocycles. The maximum Gasteiger partial charge on any atom is 0.273 e. The van der Waals surface area contributed by atoms with E-state index in [1.54, 1.807) is 36.5 Å². The summed E-state index contributed by atoms with van der Waals surface area (Å²) in [6.07, 6.45) is 1.59. The SMILES string of the molecule is Cc1ccc(C=NNC(=O)c2cc(Br)ccc2NC(=O)c2ccc(CN3CCN(CC(=O)N4CCOCC4)CC3)cc2)cc1C. The molecule has 2 N–H and O–H groups in total. The fourth-order valence-electron chi connectivity index (χ4n) is 5.31. The Morgan fingerprint density at radius 1 is 0.844 bits per heavy atom. The van der Waals surface area contributed by atoms with Gasteiger partial charge in [0.25, 0.3) is 11.8 Å². The summed E-state index contributed by atoms with van der Waals surface area (Å²) in [6.45, 7) is 11.3. The van der Waals surface area contributed by atoms with Crippen LogP contribution < -0.4 is 10.7 Å². The molecule has 5 rings (SSSR count). The van der Waals surface area contributed by atoms with Crippen LogP contribution in [0.15, 0.2) is 70.2 Å². The molecule has 2 heterocycles. The van der Waals surface area contributed by atoms with E-state index in [1.165, 1.54) is 5.56 Å². The molecule has 45 heavy (non-hydrogen) atoms. The summed E-state index contributed by atoms with van der Waals surface area (Å²) < 4.78 is 6.05. The van der Waals surface area contributed by atoms with Crippen molar-refractivity contribution in [3.05, 3.63) is 98.5 Å². The molecule has 0 bridgehead atoms. The highest BCUT2D eigenvalue weighted by atomic mass is 79.9. The second kappa shape index (κ2) is 15.4. The van der Waals surface area contributed by atoms with Crippen LogP contribution in [0.2, 0.25) is 0 Å². The van der Waals surface area contributed by atoms with Gasteiger partial charge in [0.1, 0.15) is 0 Å². The van der Waals surface area contributed by atoms with Crippen molar-refractivity contribution < 1.29 is 19.1 Å². The highest BCUT2D eigenvalue weighted by Crippen LogP contribution is 2.22. The van der Waals surface area contributed by atoms with Crippen LogP contribution in [0.5, 0.6) is 0 Å². The first-order chi connectivity index (χ1) is 21.7. The van der Waals surface area contributed by atoms with E-state index >= 15 is 0 Å². The fraction of sp³-hybridized carbons (Fsp3) is 0.353. The molecule has 0 spiro atoms. The number of carbonyl (C=O) groups excluding carboxylic acids is 3. The Kier molecular flexibility index (Phi) is 11.1. The van der Waals surface area contributed by atoms with Gasteiger partial charge in [-0.05, 0) is 66.4 Å². The first-order valence-corrected chi connectivity index (χ1v) is 16.0. The Bertz CT molecular complexity index is 1550. The number of amides is 3. The van der Waals surface area contributed by atoms with Crippen molar-refractivity contribution in [3.63, 3.8) is 0 Å². The Morgan fingerprint density at radius 3 is 2.27 bits per heavy atom. The van der Waals surface area contributed by atoms with Crippen molar-refractivity contribution >= 4 is 45.6 Å². The van der Waals surface area contributed by atoms with Crippen LogP contribution in [0.4, 0.5) is 5.69 Å². The van der Waals surface area contributed by atoms with E-state index in [2.05, 4.69) is 41.6 Å². The second-order valence-electron chi connectivity index (χ2n) is 11.4. The van der Waals surface area contributed by atoms with Crippen LogP contribution in [-0.2, 0) is 16.1 Å². The number of benzene rings is 3. The molecule has 236 valence electrons. The van der Waals surface area contributed by atoms with Crippen LogP contribution in [-0.4, -0.2) is 97.7 Å². The average molecular weight is 676 g/mol. The number of nitrogens with one attached hydrogen (secondary N) is 2. The number of aryl methyl sites for hydroxylation is 2. The maximum absolute atomic E-state index is 13.1. The molecule has 3 aromatic rings. The van der Waals surface area contributed by atoms with Crippen molar-refractivity contribution in [2.45, 2.75) is 20.4 Å². The minimum Gasteiger partial charge on any atom is -0.378 e. The van der Waals surface area contributed by atoms with Gasteiger partial charge in [0, 0.05) is 55.8 Å². The Balaban J connectivity index is 1.12. The van der Waals surface area contributed by atoms with E-state index in [-0.39, 0.29) is 17.4 Å². The Hall–Kier alpha value is -3.90. The number of ether oxygens (including phenoxy) is 1. The number of halogens is 1. The topological polar surface area (TPSA) is 107 Å². The van der Waals surface area contributed by atoms with Gasteiger partial charge >= 0.3 is 0 Å². The largest absolute Gasteiger partial charge is 0.378 e. The van der Waals surface area contributed by atoms with Crippen LogP contribution >= 0.6 is 15.9 Å². The van der Waals surface area contributed by atoms with Crippen LogP contribution in [0.1, 0.15) is 43.0 Å². The molecule has 2 aliphatic heterocycles. The first-order valence-electron chi connectivity index (χ1n) is 15.2. The number of hydrogen-bond donors (Lipinski definition) is 2. The van der Waals surface area contributed by atoms with E-state index in [0.29, 0.717) is 48.6 Å². The number of carbonyl (C=O) groups is 3. The summed E-state index contributed by atoms with van der Waals surface area (Å²) >= 11 is 3.42. The van der Waals surface area contributed by atoms with Crippen molar-refractivity contribution in [2.24, 2.45) is 5.10 Å². The molecule has 2 fully saturated rings. The zero-order valence-corrected chi connectivity index (χ0v) is 27.3. The molecule has 11 heteroatoms. The average Bonchev–Trinajstić information content (AvgIpc) is 3.05. The Morgan fingerprint density at radius 2 is 1.56 bits per heavy atom. The van der Waals surface area contributed by atoms with E-state index in [9.17, 15) is 14.4 Å². The van der Waals surface area contributed by atoms with Gasteiger partial charge in [0.15, 0.2) is 0 Å². The molecule has 2 aliphatic rings. The fourth-order valence-corrected chi connectivity index (χ4v) is 5.67. The quantitative estimate of drug-likeness (QED) is 0.262. The molecular weight excluding hydrogens is 636 g/mol. The summed E-state index contributed by atoms with van der Waals surface area (Å²) in [5.41, 5.74) is 8.04. The predicted molar refractivity (Wildman–Crippen MR) is 179 cm³/mol. The molecule has 0 atom stereocenters. The van der Waals surface area contributed by atoms with Gasteiger partial charge in [-0.15, -0.1) is 0 Å². The number of anilines is 1. The third-order valence-corrected chi connectivity index (χ3v) is 8.69. The van der Waals surface area contributed by atoms with Gasteiger partial charge in [-0.2, -0.15) is 5.10 Å². The lowest BCUT2D eigenvalue weighted by atomic mass is 10.1. The Labute approximate surface area is 272 Å². The zero-order valence-electron chi connectivity index (χ0n) is 25.7. The molecule has 3 aromatic carbocycles. The zero-order chi connectivity index (χ0) is 31.8. The third kappa shape index (κ3) is 9.07. The molecule has 0 radical (unpaired) electrons. The number of morpholine rings is 1. The smallest absolute Gasteiger partial charge is 0.273 e. The standard InChI is InChI=1S/C34H39BrN6O4/c1-24-3-4-27(19-25(24)2)21-36-38-34(44)30-20-29(35)9-10-31(30)37-33(43)28-7-5-26(6-8-28)22-39-11-13-40(14-12-39)23-32(42)41-15-17-45-18-16-41/h3-10,19-21H,11-18,22-23H2,1-2H3,(H,37,43)(H,38,44). The number of rotatable bonds is 9. The monoisotopic (exact) mass is 674 g/mol. The molecule has 3 amide bonds. The minimum absolute atomic E-state index is 0.179. The molecule has 10 nitrogen and oxygen atoms in total. The summed E-state index contributed by atoms with van der Waals surface area (Å²) in [5.74, 6) is -0.569. The molecular formula is C34H39BrN6O4. The molecule has 0 aromatic heterocycles. The van der Waals surface area contributed by atoms with Crippen molar-refractivity contribution in [1.82, 2.24) is 20.1 Å². The summed E-state index contributed by atoms with van der Waals surface area (Å²) in [5, 5.41) is 6.99. The van der Waals surface area contributed by atoms with Crippen LogP contribution in [0.25, 0.3) is 0 Å². The van der Waals surface area contributed by atoms with Gasteiger partial charge in [-0.3, -0.25) is 24.2 Å². The molecule has 0 saturated carbocycles. The summed E-state index contributed by atoms with van der Waals surface area (Å²) in [6, 6.07) is 18.6. The minimum atomic E-state index is -0.437. The summed E-state index contributed by atoms with van der Waals surface area (Å²) in [4.78, 5) is 45.2. The van der Waals surface area contributed by atoms with E-state index in [4.69, 9.17) is 4.74 Å². The maximum atomic E-state index is 13.1. The lowest BCUT2D eigenvalue weighted by Crippen LogP contribution is -2.51. The highest BCUT2D eigenvalue weighted by Gasteiger charge is 2.23. The predicted octanol–water partition coefficient (Wildman–Crippen LogP) is 4.06. The number of piperazine rings is 1. The summed E-state index contributed by atoms with van der Waals surface area (Å²) in [7, 11) is 0. The van der Waals surface area contributed by atoms with Crippen LogP contribution in [0, 0.1) is 13.8 Å². The highest BCUT2D eigenvalue weighted by molar-refractivity contribution is 9.10. The second-order valence-corrected chi connectivity index (χ2v) is 12.3. The van der Waals surface area contributed by atoms with Crippen molar-refractivity contribution in [1.29, 1.82) is 0 Å². The lowest BCUT2D eigenvalue weighted by Gasteiger charge is -2.36. The third-order valence-electron chi connectivity index (χ3n) is 8.19. The van der Waals surface area contributed by atoms with Crippen molar-refractivity contribution in [3.8, 4) is 0 Å². The van der Waals surface area contributed by atoms with E-state index in [0.717, 1.165) is 49.4 Å². The number of hydrogen-bond acceptors (Lipinski definition) is 7. The molecule has 0 unspecified atom stereocenters. The van der Waals surface area contributed by atoms with E-state index in [1.807, 2.05) is 49.1 Å². The first kappa shape index (κ1) is 32.5. The number of nitrogens with zero attached hydrogens (tertiary/aromatic N) is 4. The molecule has 2 saturated heterocycles. The van der Waals surface area contributed by atoms with Gasteiger partial charge in [0.05, 0.1) is 37.2 Å². The van der Waals surface area contributed by atoms with Crippen molar-refractivity contribution in [2.75, 3.05) is 64.3 Å². The van der Waals surface area contributed by atoms with Gasteiger partial charge < -0.3 is 15.0 Å². The number of hydrazone groups is 1. The normalized spacial score (nSPS) is 16.1. The van der Waals surface area contributed by atoms with Crippen LogP contribution in [0.3, 0.4) is 0 Å².